The minimum absolute atomic E-state index is 0.151. The van der Waals surface area contributed by atoms with E-state index in [1.54, 1.807) is 11.0 Å². The molecule has 0 bridgehead atoms. The van der Waals surface area contributed by atoms with Crippen LogP contribution in [0.1, 0.15) is 41.0 Å². The topological polar surface area (TPSA) is 77.0 Å². The van der Waals surface area contributed by atoms with Crippen molar-refractivity contribution >= 4 is 48.2 Å². The highest BCUT2D eigenvalue weighted by atomic mass is 35.5. The maximum absolute atomic E-state index is 13.2. The number of morpholine rings is 1. The maximum atomic E-state index is 13.2. The van der Waals surface area contributed by atoms with E-state index in [1.165, 1.54) is 10.4 Å². The second-order valence-corrected chi connectivity index (χ2v) is 16.4. The van der Waals surface area contributed by atoms with Crippen molar-refractivity contribution in [3.8, 4) is 0 Å². The average molecular weight is 595 g/mol. The third-order valence-corrected chi connectivity index (χ3v) is 13.3. The second-order valence-electron chi connectivity index (χ2n) is 11.8. The highest BCUT2D eigenvalue weighted by Crippen LogP contribution is 2.39. The van der Waals surface area contributed by atoms with Crippen molar-refractivity contribution in [2.24, 2.45) is 0 Å². The van der Waals surface area contributed by atoms with Crippen molar-refractivity contribution in [3.05, 3.63) is 71.9 Å². The average Bonchev–Trinajstić information content (AvgIpc) is 3.24. The molecular weight excluding hydrogens is 556 g/mol. The van der Waals surface area contributed by atoms with Gasteiger partial charge in [-0.05, 0) is 29.3 Å². The van der Waals surface area contributed by atoms with Crippen molar-refractivity contribution in [3.63, 3.8) is 0 Å². The van der Waals surface area contributed by atoms with Gasteiger partial charge in [-0.3, -0.25) is 4.90 Å². The van der Waals surface area contributed by atoms with Gasteiger partial charge in [0.2, 0.25) is 5.95 Å². The van der Waals surface area contributed by atoms with E-state index in [0.717, 1.165) is 0 Å². The number of benzene rings is 2. The number of nitrogens with zero attached hydrogens (tertiary/aromatic N) is 4. The summed E-state index contributed by atoms with van der Waals surface area (Å²) in [6, 6.07) is 22.5. The molecule has 3 heterocycles. The molecule has 2 fully saturated rings. The van der Waals surface area contributed by atoms with Crippen molar-refractivity contribution in [2.75, 3.05) is 36.1 Å². The van der Waals surface area contributed by atoms with Crippen LogP contribution in [0.2, 0.25) is 10.2 Å². The summed E-state index contributed by atoms with van der Waals surface area (Å²) in [5.74, 6) is 0.926. The molecule has 2 aromatic carbocycles. The fourth-order valence-electron chi connectivity index (χ4n) is 5.96. The number of aromatic nitrogens is 2. The molecule has 0 spiro atoms. The molecule has 2 aliphatic heterocycles. The van der Waals surface area contributed by atoms with Crippen LogP contribution in [0.25, 0.3) is 0 Å². The molecule has 10 heteroatoms. The number of ether oxygens (including phenoxy) is 2. The molecule has 3 aromatic rings. The van der Waals surface area contributed by atoms with Gasteiger partial charge in [-0.2, -0.15) is 4.98 Å². The first kappa shape index (κ1) is 29.5. The van der Waals surface area contributed by atoms with E-state index in [2.05, 4.69) is 81.2 Å². The van der Waals surface area contributed by atoms with Gasteiger partial charge in [0.25, 0.3) is 8.32 Å². The Morgan fingerprint density at radius 3 is 2.17 bits per heavy atom. The van der Waals surface area contributed by atoms with Crippen LogP contribution < -0.4 is 20.2 Å². The predicted molar refractivity (Wildman–Crippen MR) is 165 cm³/mol. The molecule has 2 saturated heterocycles. The lowest BCUT2D eigenvalue weighted by Crippen LogP contribution is -2.67. The van der Waals surface area contributed by atoms with Crippen molar-refractivity contribution in [2.45, 2.75) is 64.3 Å². The molecule has 0 aliphatic carbocycles. The fraction of sp³-hybridized carbons (Fsp3) is 0.452. The molecule has 2 aliphatic rings. The van der Waals surface area contributed by atoms with Gasteiger partial charge in [0.05, 0.1) is 19.3 Å². The molecule has 0 radical (unpaired) electrons. The molecule has 1 aromatic heterocycles. The monoisotopic (exact) mass is 594 g/mol. The fourth-order valence-corrected chi connectivity index (χ4v) is 10.8. The summed E-state index contributed by atoms with van der Waals surface area (Å²) in [5.41, 5.74) is 0. The van der Waals surface area contributed by atoms with Gasteiger partial charge in [0.15, 0.2) is 0 Å². The van der Waals surface area contributed by atoms with Gasteiger partial charge in [0, 0.05) is 31.7 Å². The van der Waals surface area contributed by atoms with Crippen LogP contribution in [0.3, 0.4) is 0 Å². The molecule has 8 nitrogen and oxygen atoms in total. The van der Waals surface area contributed by atoms with E-state index < -0.39 is 14.4 Å². The van der Waals surface area contributed by atoms with Crippen molar-refractivity contribution in [1.82, 2.24) is 9.97 Å². The first-order chi connectivity index (χ1) is 19.6. The van der Waals surface area contributed by atoms with E-state index in [9.17, 15) is 4.79 Å². The Kier molecular flexibility index (Phi) is 8.70. The highest BCUT2D eigenvalue weighted by Gasteiger charge is 2.52. The first-order valence-electron chi connectivity index (χ1n) is 14.3. The molecular formula is C31H39ClN4O4Si. The molecule has 0 saturated carbocycles. The summed E-state index contributed by atoms with van der Waals surface area (Å²) in [7, 11) is -2.75. The second kappa shape index (κ2) is 12.1. The van der Waals surface area contributed by atoms with Crippen LogP contribution in [0.5, 0.6) is 0 Å². The Bertz CT molecular complexity index is 1300. The Morgan fingerprint density at radius 1 is 1.02 bits per heavy atom. The number of cyclic esters (lactones) is 1. The van der Waals surface area contributed by atoms with Crippen molar-refractivity contribution < 1.29 is 18.7 Å². The van der Waals surface area contributed by atoms with Crippen molar-refractivity contribution in [1.29, 1.82) is 0 Å². The van der Waals surface area contributed by atoms with E-state index in [-0.39, 0.29) is 28.4 Å². The predicted octanol–water partition coefficient (Wildman–Crippen LogP) is 5.04. The number of amides is 1. The molecule has 41 heavy (non-hydrogen) atoms. The zero-order chi connectivity index (χ0) is 29.2. The summed E-state index contributed by atoms with van der Waals surface area (Å²) in [5, 5.41) is 2.56. The summed E-state index contributed by atoms with van der Waals surface area (Å²) >= 11 is 6.39. The molecule has 0 N–H and O–H groups in total. The Hall–Kier alpha value is -2.98. The van der Waals surface area contributed by atoms with Gasteiger partial charge in [-0.25, -0.2) is 9.78 Å². The highest BCUT2D eigenvalue weighted by molar-refractivity contribution is 6.99. The maximum Gasteiger partial charge on any atom is 0.416 e. The molecule has 1 amide bonds. The number of hydrogen-bond acceptors (Lipinski definition) is 7. The lowest BCUT2D eigenvalue weighted by molar-refractivity contribution is 0.0890. The van der Waals surface area contributed by atoms with E-state index in [4.69, 9.17) is 30.5 Å². The summed E-state index contributed by atoms with van der Waals surface area (Å²) < 4.78 is 18.6. The van der Waals surface area contributed by atoms with Crippen LogP contribution in [-0.4, -0.2) is 68.9 Å². The van der Waals surface area contributed by atoms with Gasteiger partial charge >= 0.3 is 6.09 Å². The summed E-state index contributed by atoms with van der Waals surface area (Å²) in [4.78, 5) is 25.9. The number of hydrogen-bond donors (Lipinski definition) is 0. The van der Waals surface area contributed by atoms with E-state index >= 15 is 0 Å². The molecule has 5 rings (SSSR count). The molecule has 218 valence electrons. The standard InChI is InChI=1S/C31H39ClN4O4Si/c1-22(40-41(31(3,4)5,24-12-8-6-9-13-24)25-14-10-7-11-15-25)20-26-23(2)36(30(37)39-26)28-21-27(32)33-29(34-28)35-16-18-38-19-17-35/h6-15,21-23,26H,16-20H2,1-5H3/t22?,23-,26-/m0/s1. The van der Waals surface area contributed by atoms with E-state index in [0.29, 0.717) is 44.5 Å². The van der Waals surface area contributed by atoms with Gasteiger partial charge in [0.1, 0.15) is 17.1 Å². The van der Waals surface area contributed by atoms with Crippen LogP contribution in [0, 0.1) is 0 Å². The lowest BCUT2D eigenvalue weighted by Gasteiger charge is -2.45. The Morgan fingerprint density at radius 2 is 1.61 bits per heavy atom. The minimum atomic E-state index is -2.75. The lowest BCUT2D eigenvalue weighted by atomic mass is 10.1. The van der Waals surface area contributed by atoms with Crippen LogP contribution in [-0.2, 0) is 13.9 Å². The SMILES string of the molecule is CC(C[C@@H]1OC(=O)N(c2cc(Cl)nc(N3CCOCC3)n2)[C@H]1C)O[Si](c1ccccc1)(c1ccccc1)C(C)(C)C. The van der Waals surface area contributed by atoms with Crippen LogP contribution >= 0.6 is 11.6 Å². The van der Waals surface area contributed by atoms with Gasteiger partial charge in [-0.1, -0.05) is 93.0 Å². The third-order valence-electron chi connectivity index (χ3n) is 7.96. The quantitative estimate of drug-likeness (QED) is 0.267. The van der Waals surface area contributed by atoms with Gasteiger partial charge in [-0.15, -0.1) is 0 Å². The zero-order valence-corrected chi connectivity index (χ0v) is 26.2. The largest absolute Gasteiger partial charge is 0.443 e. The molecule has 3 atom stereocenters. The minimum Gasteiger partial charge on any atom is -0.443 e. The number of rotatable bonds is 8. The number of carbonyl (C=O) groups is 1. The Labute approximate surface area is 248 Å². The molecule has 1 unspecified atom stereocenters. The summed E-state index contributed by atoms with van der Waals surface area (Å²) in [6.07, 6.45) is -0.457. The third kappa shape index (κ3) is 5.99. The van der Waals surface area contributed by atoms with Gasteiger partial charge < -0.3 is 18.8 Å². The normalized spacial score (nSPS) is 20.7. The summed E-state index contributed by atoms with van der Waals surface area (Å²) in [6.45, 7) is 13.4. The number of carbonyl (C=O) groups excluding carboxylic acids is 1. The Balaban J connectivity index is 1.40. The smallest absolute Gasteiger partial charge is 0.416 e. The zero-order valence-electron chi connectivity index (χ0n) is 24.4. The first-order valence-corrected chi connectivity index (χ1v) is 16.5. The number of anilines is 2. The number of halogens is 1. The van der Waals surface area contributed by atoms with Crippen LogP contribution in [0.4, 0.5) is 16.6 Å². The van der Waals surface area contributed by atoms with E-state index in [1.807, 2.05) is 24.0 Å². The van der Waals surface area contributed by atoms with Crippen LogP contribution in [0.15, 0.2) is 66.7 Å².